The molecule has 0 aliphatic rings. The van der Waals surface area contributed by atoms with Crippen LogP contribution in [0.4, 0.5) is 10.1 Å². The Bertz CT molecular complexity index is 943. The van der Waals surface area contributed by atoms with E-state index in [1.165, 1.54) is 23.9 Å². The van der Waals surface area contributed by atoms with Crippen molar-refractivity contribution in [2.75, 3.05) is 12.4 Å². The van der Waals surface area contributed by atoms with Crippen LogP contribution >= 0.6 is 0 Å². The van der Waals surface area contributed by atoms with Crippen LogP contribution in [-0.4, -0.2) is 32.8 Å². The molecule has 0 fully saturated rings. The summed E-state index contributed by atoms with van der Waals surface area (Å²) in [5.74, 6) is -0.665. The molecule has 8 heteroatoms. The van der Waals surface area contributed by atoms with Crippen molar-refractivity contribution in [3.05, 3.63) is 53.2 Å². The van der Waals surface area contributed by atoms with Crippen LogP contribution in [0.5, 0.6) is 6.01 Å². The zero-order valence-corrected chi connectivity index (χ0v) is 14.9. The molecule has 0 unspecified atom stereocenters. The maximum absolute atomic E-state index is 13.1. The molecule has 0 saturated heterocycles. The number of anilines is 1. The first kappa shape index (κ1) is 17.5. The minimum absolute atomic E-state index is 0.247. The van der Waals surface area contributed by atoms with Crippen LogP contribution < -0.4 is 10.1 Å². The van der Waals surface area contributed by atoms with Crippen LogP contribution in [0.2, 0.25) is 0 Å². The van der Waals surface area contributed by atoms with Gasteiger partial charge in [-0.2, -0.15) is 15.1 Å². The van der Waals surface area contributed by atoms with E-state index in [1.807, 2.05) is 0 Å². The van der Waals surface area contributed by atoms with Gasteiger partial charge in [0.2, 0.25) is 0 Å². The second kappa shape index (κ2) is 6.91. The Labute approximate surface area is 149 Å². The highest BCUT2D eigenvalue weighted by Crippen LogP contribution is 2.22. The lowest BCUT2D eigenvalue weighted by atomic mass is 10.1. The van der Waals surface area contributed by atoms with Crippen molar-refractivity contribution in [2.45, 2.75) is 13.8 Å². The van der Waals surface area contributed by atoms with E-state index in [0.29, 0.717) is 28.5 Å². The van der Waals surface area contributed by atoms with Gasteiger partial charge in [-0.25, -0.2) is 4.39 Å². The van der Waals surface area contributed by atoms with E-state index in [0.717, 1.165) is 5.56 Å². The number of amides is 1. The average Bonchev–Trinajstić information content (AvgIpc) is 3.00. The van der Waals surface area contributed by atoms with Crippen LogP contribution in [0.25, 0.3) is 11.3 Å². The highest BCUT2D eigenvalue weighted by atomic mass is 19.1. The lowest BCUT2D eigenvalue weighted by Crippen LogP contribution is -2.18. The predicted molar refractivity (Wildman–Crippen MR) is 94.6 cm³/mol. The maximum Gasteiger partial charge on any atom is 0.316 e. The Morgan fingerprint density at radius 3 is 2.35 bits per heavy atom. The van der Waals surface area contributed by atoms with Crippen LogP contribution in [0.3, 0.4) is 0 Å². The molecule has 1 aromatic carbocycles. The molecule has 0 aliphatic heterocycles. The number of carbonyl (C=O) groups is 1. The summed E-state index contributed by atoms with van der Waals surface area (Å²) in [7, 11) is 3.16. The third-order valence-electron chi connectivity index (χ3n) is 3.92. The Morgan fingerprint density at radius 2 is 1.77 bits per heavy atom. The van der Waals surface area contributed by atoms with Crippen LogP contribution in [0.15, 0.2) is 30.3 Å². The van der Waals surface area contributed by atoms with Gasteiger partial charge in [-0.05, 0) is 44.2 Å². The minimum atomic E-state index is -0.340. The molecule has 0 bridgehead atoms. The van der Waals surface area contributed by atoms with Crippen molar-refractivity contribution < 1.29 is 13.9 Å². The molecule has 1 N–H and O–H groups in total. The number of hydrogen-bond donors (Lipinski definition) is 1. The number of aryl methyl sites for hydroxylation is 3. The first-order valence-corrected chi connectivity index (χ1v) is 7.89. The number of nitrogens with one attached hydrogen (secondary N) is 1. The second-order valence-electron chi connectivity index (χ2n) is 5.76. The van der Waals surface area contributed by atoms with E-state index < -0.39 is 0 Å². The van der Waals surface area contributed by atoms with Gasteiger partial charge in [-0.3, -0.25) is 9.48 Å². The van der Waals surface area contributed by atoms with Crippen LogP contribution in [0, 0.1) is 19.7 Å². The Hall–Kier alpha value is -3.29. The number of ether oxygens (including phenoxy) is 1. The van der Waals surface area contributed by atoms with Gasteiger partial charge in [-0.1, -0.05) is 0 Å². The first-order valence-electron chi connectivity index (χ1n) is 7.89. The van der Waals surface area contributed by atoms with Gasteiger partial charge in [0.15, 0.2) is 0 Å². The number of methoxy groups -OCH3 is 1. The van der Waals surface area contributed by atoms with E-state index in [1.54, 1.807) is 39.1 Å². The summed E-state index contributed by atoms with van der Waals surface area (Å²) in [6.45, 7) is 3.53. The van der Waals surface area contributed by atoms with Crippen LogP contribution in [-0.2, 0) is 7.05 Å². The molecule has 2 aromatic heterocycles. The van der Waals surface area contributed by atoms with Crippen molar-refractivity contribution in [1.82, 2.24) is 19.7 Å². The monoisotopic (exact) mass is 355 g/mol. The summed E-state index contributed by atoms with van der Waals surface area (Å²) in [6.07, 6.45) is 0. The Kier molecular flexibility index (Phi) is 4.66. The van der Waals surface area contributed by atoms with Crippen LogP contribution in [0.1, 0.15) is 21.9 Å². The summed E-state index contributed by atoms with van der Waals surface area (Å²) in [4.78, 5) is 21.0. The van der Waals surface area contributed by atoms with Crippen molar-refractivity contribution in [3.8, 4) is 17.3 Å². The zero-order chi connectivity index (χ0) is 18.8. The molecule has 0 saturated carbocycles. The molecule has 1 amide bonds. The highest BCUT2D eigenvalue weighted by Gasteiger charge is 2.18. The van der Waals surface area contributed by atoms with Gasteiger partial charge in [0, 0.05) is 12.6 Å². The molecule has 3 aromatic rings. The third kappa shape index (κ3) is 3.39. The predicted octanol–water partition coefficient (Wildman–Crippen LogP) is 2.89. The molecule has 0 atom stereocenters. The van der Waals surface area contributed by atoms with Gasteiger partial charge in [-0.15, -0.1) is 0 Å². The minimum Gasteiger partial charge on any atom is -0.467 e. The fourth-order valence-electron chi connectivity index (χ4n) is 2.58. The molecule has 0 radical (unpaired) electrons. The van der Waals surface area contributed by atoms with Gasteiger partial charge < -0.3 is 10.1 Å². The van der Waals surface area contributed by atoms with E-state index in [2.05, 4.69) is 20.4 Å². The number of hydrogen-bond acceptors (Lipinski definition) is 5. The average molecular weight is 355 g/mol. The summed E-state index contributed by atoms with van der Waals surface area (Å²) < 4.78 is 19.6. The summed E-state index contributed by atoms with van der Waals surface area (Å²) in [5.41, 5.74) is 3.39. The Balaban J connectivity index is 1.88. The van der Waals surface area contributed by atoms with Crippen molar-refractivity contribution in [2.24, 2.45) is 7.05 Å². The zero-order valence-electron chi connectivity index (χ0n) is 14.9. The standard InChI is InChI=1S/C18H18FN5O2/c1-10-16(11(2)21-18(20-10)26-4)22-17(25)15-9-14(23-24(15)3)12-5-7-13(19)8-6-12/h5-9H,1-4H3,(H,22,25). The molecule has 134 valence electrons. The fourth-order valence-corrected chi connectivity index (χ4v) is 2.58. The first-order chi connectivity index (χ1) is 12.4. The Morgan fingerprint density at radius 1 is 1.15 bits per heavy atom. The largest absolute Gasteiger partial charge is 0.467 e. The number of rotatable bonds is 4. The van der Waals surface area contributed by atoms with Gasteiger partial charge in [0.25, 0.3) is 5.91 Å². The molecule has 26 heavy (non-hydrogen) atoms. The maximum atomic E-state index is 13.1. The number of carbonyl (C=O) groups excluding carboxylic acids is 1. The number of benzene rings is 1. The molecular weight excluding hydrogens is 337 g/mol. The molecule has 0 aliphatic carbocycles. The highest BCUT2D eigenvalue weighted by molar-refractivity contribution is 6.04. The topological polar surface area (TPSA) is 81.9 Å². The normalized spacial score (nSPS) is 10.7. The summed E-state index contributed by atoms with van der Waals surface area (Å²) >= 11 is 0. The third-order valence-corrected chi connectivity index (χ3v) is 3.92. The fraction of sp³-hybridized carbons (Fsp3) is 0.222. The van der Waals surface area contributed by atoms with E-state index in [9.17, 15) is 9.18 Å². The van der Waals surface area contributed by atoms with Gasteiger partial charge in [0.1, 0.15) is 11.5 Å². The smallest absolute Gasteiger partial charge is 0.316 e. The van der Waals surface area contributed by atoms with E-state index in [-0.39, 0.29) is 17.7 Å². The lowest BCUT2D eigenvalue weighted by molar-refractivity contribution is 0.101. The lowest BCUT2D eigenvalue weighted by Gasteiger charge is -2.11. The second-order valence-corrected chi connectivity index (χ2v) is 5.76. The van der Waals surface area contributed by atoms with E-state index in [4.69, 9.17) is 4.74 Å². The SMILES string of the molecule is COc1nc(C)c(NC(=O)c2cc(-c3ccc(F)cc3)nn2C)c(C)n1. The van der Waals surface area contributed by atoms with Crippen molar-refractivity contribution >= 4 is 11.6 Å². The summed E-state index contributed by atoms with van der Waals surface area (Å²) in [6, 6.07) is 7.83. The molecule has 7 nitrogen and oxygen atoms in total. The van der Waals surface area contributed by atoms with Crippen molar-refractivity contribution in [1.29, 1.82) is 0 Å². The summed E-state index contributed by atoms with van der Waals surface area (Å²) in [5, 5.41) is 7.15. The van der Waals surface area contributed by atoms with E-state index >= 15 is 0 Å². The molecule has 2 heterocycles. The number of aromatic nitrogens is 4. The molecule has 3 rings (SSSR count). The number of nitrogens with zero attached hydrogens (tertiary/aromatic N) is 4. The van der Waals surface area contributed by atoms with Gasteiger partial charge >= 0.3 is 6.01 Å². The van der Waals surface area contributed by atoms with Crippen molar-refractivity contribution in [3.63, 3.8) is 0 Å². The van der Waals surface area contributed by atoms with Gasteiger partial charge in [0.05, 0.1) is 29.9 Å². The molecule has 0 spiro atoms. The quantitative estimate of drug-likeness (QED) is 0.778. The molecular formula is C18H18FN5O2. The number of halogens is 1.